The first-order valence-electron chi connectivity index (χ1n) is 39.0. The molecule has 14 rings (SSSR count). The number of nitrogens with zero attached hydrogens (tertiary/aromatic N) is 5. The summed E-state index contributed by atoms with van der Waals surface area (Å²) in [6.07, 6.45) is 0. The first-order valence-corrected chi connectivity index (χ1v) is 20.0. The van der Waals surface area contributed by atoms with Gasteiger partial charge in [-0.1, -0.05) is 199 Å². The molecule has 5 heteroatoms. The lowest BCUT2D eigenvalue weighted by Gasteiger charge is -2.15. The zero-order valence-corrected chi connectivity index (χ0v) is 33.8. The lowest BCUT2D eigenvalue weighted by Crippen LogP contribution is -2.07. The maximum atomic E-state index is 10.4. The monoisotopic (exact) mass is 904 g/mol. The minimum Gasteiger partial charge on any atom is -0.307 e. The fourth-order valence-electron chi connectivity index (χ4n) is 8.16. The Bertz CT molecular complexity index is 6520. The summed E-state index contributed by atoms with van der Waals surface area (Å²) in [5.41, 5.74) is -9.61. The van der Waals surface area contributed by atoms with Gasteiger partial charge in [0.25, 0.3) is 0 Å². The molecule has 0 aliphatic carbocycles. The van der Waals surface area contributed by atoms with Crippen LogP contribution < -0.4 is 0 Å². The Balaban J connectivity index is 1.23. The van der Waals surface area contributed by atoms with Gasteiger partial charge in [0.2, 0.25) is 5.95 Å². The summed E-state index contributed by atoms with van der Waals surface area (Å²) in [6, 6.07) is -37.6. The zero-order valence-electron chi connectivity index (χ0n) is 71.8. The number of benzene rings is 11. The second kappa shape index (κ2) is 15.2. The maximum Gasteiger partial charge on any atom is 0.238 e. The van der Waals surface area contributed by atoms with Gasteiger partial charge in [0.15, 0.2) is 11.6 Å². The molecule has 0 unspecified atom stereocenters. The third-order valence-corrected chi connectivity index (χ3v) is 11.0. The van der Waals surface area contributed by atoms with Crippen LogP contribution in [0.3, 0.4) is 0 Å². The van der Waals surface area contributed by atoms with Gasteiger partial charge in [0.1, 0.15) is 0 Å². The Hall–Kier alpha value is -9.19. The molecular weight excluding hydrogens is 827 g/mol. The van der Waals surface area contributed by atoms with E-state index < -0.39 is 362 Å². The molecule has 0 spiro atoms. The van der Waals surface area contributed by atoms with E-state index in [9.17, 15) is 23.3 Å². The van der Waals surface area contributed by atoms with Crippen LogP contribution in [-0.4, -0.2) is 24.1 Å². The standard InChI is InChI=1S/C63H39N5/c1-3-17-40(18-4-1)42-21-15-23-45(37-42)62-64-61(41-19-5-2-6-20-41)65-63(66-62)68-58-32-14-12-30-53(58)55-36-35-54-52-29-11-13-31-57(52)67(59(54)60(55)68)46-24-16-22-43(38-46)44-33-34-51-49-27-8-7-25-47(49)48-26-9-10-28-50(48)56(51)39-44/h1-39H/i1D,2D,3D,4D,5D,6D,7D,8D,9D,10D,11D,12D,13D,14D,15D,16D,17D,18D,19D,20D,21D,22D,23D,24D,25D,26D,27D,28D,29D,30D,31D,33D,34D,35D,36D,37D,38D,39D. The molecule has 0 amide bonds. The number of hydrogen-bond donors (Lipinski definition) is 0. The van der Waals surface area contributed by atoms with Gasteiger partial charge in [-0.15, -0.1) is 0 Å². The van der Waals surface area contributed by atoms with E-state index in [0.29, 0.717) is 4.57 Å². The van der Waals surface area contributed by atoms with Gasteiger partial charge in [-0.3, -0.25) is 4.57 Å². The van der Waals surface area contributed by atoms with Crippen LogP contribution in [0.2, 0.25) is 0 Å². The molecule has 0 saturated carbocycles. The molecule has 0 radical (unpaired) electrons. The van der Waals surface area contributed by atoms with Gasteiger partial charge < -0.3 is 4.57 Å². The lowest BCUT2D eigenvalue weighted by molar-refractivity contribution is 0.953. The average Bonchev–Trinajstić information content (AvgIpc) is 1.01. The molecular formula is C63H39N5. The topological polar surface area (TPSA) is 48.5 Å². The third-order valence-electron chi connectivity index (χ3n) is 11.0. The van der Waals surface area contributed by atoms with E-state index in [1.54, 1.807) is 0 Å². The predicted molar refractivity (Wildman–Crippen MR) is 283 cm³/mol. The van der Waals surface area contributed by atoms with Crippen molar-refractivity contribution in [2.45, 2.75) is 0 Å². The molecule has 0 bridgehead atoms. The van der Waals surface area contributed by atoms with E-state index in [4.69, 9.17) is 28.8 Å². The van der Waals surface area contributed by atoms with Crippen molar-refractivity contribution in [2.75, 3.05) is 0 Å². The van der Waals surface area contributed by atoms with Gasteiger partial charge in [-0.25, -0.2) is 4.98 Å². The van der Waals surface area contributed by atoms with E-state index in [1.807, 2.05) is 0 Å². The summed E-state index contributed by atoms with van der Waals surface area (Å²) in [4.78, 5) is 13.6. The van der Waals surface area contributed by atoms with Crippen LogP contribution in [0.5, 0.6) is 0 Å². The molecule has 0 aliphatic heterocycles. The van der Waals surface area contributed by atoms with E-state index >= 15 is 0 Å². The van der Waals surface area contributed by atoms with Crippen molar-refractivity contribution in [3.05, 3.63) is 236 Å². The van der Waals surface area contributed by atoms with Gasteiger partial charge in [0, 0.05) is 38.4 Å². The lowest BCUT2D eigenvalue weighted by atomic mass is 9.92. The fraction of sp³-hybridized carbons (Fsp3) is 0. The fourth-order valence-corrected chi connectivity index (χ4v) is 8.16. The predicted octanol–water partition coefficient (Wildman–Crippen LogP) is 16.2. The Kier molecular flexibility index (Phi) is 3.64. The van der Waals surface area contributed by atoms with E-state index in [0.717, 1.165) is 10.6 Å². The quantitative estimate of drug-likeness (QED) is 0.156. The van der Waals surface area contributed by atoms with Crippen molar-refractivity contribution in [1.82, 2.24) is 24.1 Å². The highest BCUT2D eigenvalue weighted by Gasteiger charge is 2.24. The molecule has 11 aromatic carbocycles. The number of fused-ring (bicyclic) bond motifs is 13. The summed E-state index contributed by atoms with van der Waals surface area (Å²) in [6.45, 7) is 0. The normalized spacial score (nSPS) is 19.6. The minimum atomic E-state index is -1.25. The van der Waals surface area contributed by atoms with Crippen LogP contribution in [0, 0.1) is 0 Å². The molecule has 5 nitrogen and oxygen atoms in total. The molecule has 3 aromatic heterocycles. The highest BCUT2D eigenvalue weighted by Crippen LogP contribution is 2.43. The molecule has 3 heterocycles. The second-order valence-corrected chi connectivity index (χ2v) is 14.6. The van der Waals surface area contributed by atoms with Crippen molar-refractivity contribution in [3.63, 3.8) is 0 Å². The number of aromatic nitrogens is 5. The van der Waals surface area contributed by atoms with Crippen LogP contribution >= 0.6 is 0 Å². The van der Waals surface area contributed by atoms with Crippen LogP contribution in [-0.2, 0) is 0 Å². The molecule has 0 aliphatic rings. The summed E-state index contributed by atoms with van der Waals surface area (Å²) in [5.74, 6) is -3.06. The number of hydrogen-bond acceptors (Lipinski definition) is 3. The van der Waals surface area contributed by atoms with Crippen molar-refractivity contribution in [2.24, 2.45) is 0 Å². The molecule has 0 atom stereocenters. The third kappa shape index (κ3) is 5.93. The number of rotatable bonds is 6. The van der Waals surface area contributed by atoms with E-state index in [-0.39, 0.29) is 0 Å². The van der Waals surface area contributed by atoms with Crippen LogP contribution in [0.4, 0.5) is 0 Å². The van der Waals surface area contributed by atoms with Gasteiger partial charge >= 0.3 is 0 Å². The Labute approximate surface area is 444 Å². The molecule has 316 valence electrons. The highest BCUT2D eigenvalue weighted by molar-refractivity contribution is 6.26. The van der Waals surface area contributed by atoms with Crippen molar-refractivity contribution in [3.8, 4) is 56.7 Å². The Morgan fingerprint density at radius 3 is 1.46 bits per heavy atom. The maximum absolute atomic E-state index is 10.4. The summed E-state index contributed by atoms with van der Waals surface area (Å²) in [7, 11) is 0. The molecule has 0 fully saturated rings. The summed E-state index contributed by atoms with van der Waals surface area (Å²) < 4.78 is 351. The van der Waals surface area contributed by atoms with Gasteiger partial charge in [-0.05, 0) is 90.8 Å². The number of para-hydroxylation sites is 2. The van der Waals surface area contributed by atoms with E-state index in [1.165, 1.54) is 0 Å². The van der Waals surface area contributed by atoms with Crippen molar-refractivity contribution < 1.29 is 52.1 Å². The van der Waals surface area contributed by atoms with Crippen molar-refractivity contribution >= 4 is 75.9 Å². The SMILES string of the molecule is [2H]c1cc2c(c([2H])c1[2H])c1c([2H])c([2H])c3c4c([2H])c([2H])c([2H])c([2H])c4n(-c4c([2H])c([2H])c([2H])c(-c5c([2H])c([2H])c6c7c([2H])c([2H])c([2H])c([2H])c7c7c([2H])c([2H])c([2H])c([2H])c7c6c5[2H])c4[2H])c3c1n2-c1nc(-c2c([2H])c([2H])c([2H])c([2H])c2[2H])nc(-c2c([2H])c([2H])c([2H])c(-c3c([2H])c([2H])c([2H])c([2H])c3[2H])c2[2H])n1. The average molecular weight is 904 g/mol. The second-order valence-electron chi connectivity index (χ2n) is 14.6. The van der Waals surface area contributed by atoms with E-state index in [2.05, 4.69) is 15.0 Å². The molecule has 0 saturated heterocycles. The largest absolute Gasteiger partial charge is 0.307 e. The molecule has 14 aromatic rings. The minimum absolute atomic E-state index is 0.552. The van der Waals surface area contributed by atoms with Crippen LogP contribution in [0.25, 0.3) is 133 Å². The smallest absolute Gasteiger partial charge is 0.238 e. The molecule has 68 heavy (non-hydrogen) atoms. The Morgan fingerprint density at radius 1 is 0.279 bits per heavy atom. The van der Waals surface area contributed by atoms with Crippen LogP contribution in [0.1, 0.15) is 52.1 Å². The highest BCUT2D eigenvalue weighted by atomic mass is 15.2. The summed E-state index contributed by atoms with van der Waals surface area (Å²) >= 11 is 0. The molecule has 0 N–H and O–H groups in total. The Morgan fingerprint density at radius 2 is 0.750 bits per heavy atom. The zero-order chi connectivity index (χ0) is 77.8. The first kappa shape index (κ1) is 16.3. The van der Waals surface area contributed by atoms with Crippen molar-refractivity contribution in [1.29, 1.82) is 0 Å². The summed E-state index contributed by atoms with van der Waals surface area (Å²) in [5, 5.41) is -6.48. The van der Waals surface area contributed by atoms with Gasteiger partial charge in [-0.2, -0.15) is 9.97 Å². The first-order chi connectivity index (χ1) is 49.5. The van der Waals surface area contributed by atoms with Crippen LogP contribution in [0.15, 0.2) is 236 Å². The van der Waals surface area contributed by atoms with Gasteiger partial charge in [0.05, 0.1) is 74.2 Å².